The average Bonchev–Trinajstić information content (AvgIpc) is 3.28. The fourth-order valence-corrected chi connectivity index (χ4v) is 5.35. The molecule has 2 aromatic heterocycles. The van der Waals surface area contributed by atoms with Crippen LogP contribution in [0.2, 0.25) is 0 Å². The zero-order valence-electron chi connectivity index (χ0n) is 15.4. The molecule has 4 rings (SSSR count). The van der Waals surface area contributed by atoms with Crippen molar-refractivity contribution in [1.82, 2.24) is 14.9 Å². The van der Waals surface area contributed by atoms with E-state index >= 15 is 0 Å². The molecule has 136 valence electrons. The summed E-state index contributed by atoms with van der Waals surface area (Å²) >= 11 is 3.32. The van der Waals surface area contributed by atoms with Crippen LogP contribution in [0, 0.1) is 0 Å². The number of aromatic nitrogens is 2. The number of hydrogen-bond donors (Lipinski definition) is 0. The molecule has 3 heterocycles. The Morgan fingerprint density at radius 3 is 2.54 bits per heavy atom. The van der Waals surface area contributed by atoms with E-state index in [1.54, 1.807) is 17.5 Å². The topological polar surface area (TPSA) is 46.1 Å². The summed E-state index contributed by atoms with van der Waals surface area (Å²) in [6.45, 7) is 7.97. The number of amides is 1. The maximum absolute atomic E-state index is 12.8. The van der Waals surface area contributed by atoms with Crippen LogP contribution in [0.1, 0.15) is 59.2 Å². The molecule has 0 atom stereocenters. The predicted molar refractivity (Wildman–Crippen MR) is 108 cm³/mol. The van der Waals surface area contributed by atoms with E-state index < -0.39 is 0 Å². The molecule has 0 unspecified atom stereocenters. The van der Waals surface area contributed by atoms with Crippen molar-refractivity contribution in [2.75, 3.05) is 13.1 Å². The van der Waals surface area contributed by atoms with Gasteiger partial charge in [-0.1, -0.05) is 32.9 Å². The average molecular weight is 386 g/mol. The van der Waals surface area contributed by atoms with Gasteiger partial charge in [-0.3, -0.25) is 4.79 Å². The van der Waals surface area contributed by atoms with E-state index in [2.05, 4.69) is 44.0 Å². The smallest absolute Gasteiger partial charge is 0.265 e. The number of carbonyl (C=O) groups excluding carboxylic acids is 1. The summed E-state index contributed by atoms with van der Waals surface area (Å²) in [6.07, 6.45) is 3.71. The van der Waals surface area contributed by atoms with Crippen LogP contribution >= 0.6 is 22.7 Å². The van der Waals surface area contributed by atoms with Crippen LogP contribution < -0.4 is 0 Å². The maximum Gasteiger partial charge on any atom is 0.265 e. The van der Waals surface area contributed by atoms with E-state index in [0.717, 1.165) is 41.3 Å². The summed E-state index contributed by atoms with van der Waals surface area (Å²) < 4.78 is 1.25. The Labute approximate surface area is 161 Å². The largest absolute Gasteiger partial charge is 0.338 e. The molecule has 0 bridgehead atoms. The lowest BCUT2D eigenvalue weighted by Crippen LogP contribution is -2.37. The molecule has 1 aliphatic heterocycles. The van der Waals surface area contributed by atoms with E-state index in [9.17, 15) is 4.79 Å². The van der Waals surface area contributed by atoms with Crippen molar-refractivity contribution in [2.24, 2.45) is 0 Å². The zero-order chi connectivity index (χ0) is 18.3. The number of thiazole rings is 2. The molecule has 4 nitrogen and oxygen atoms in total. The lowest BCUT2D eigenvalue weighted by atomic mass is 9.97. The van der Waals surface area contributed by atoms with Crippen molar-refractivity contribution in [1.29, 1.82) is 0 Å². The first-order valence-electron chi connectivity index (χ1n) is 9.03. The molecule has 0 spiro atoms. The van der Waals surface area contributed by atoms with Crippen molar-refractivity contribution in [2.45, 2.75) is 44.9 Å². The quantitative estimate of drug-likeness (QED) is 0.619. The van der Waals surface area contributed by atoms with Crippen molar-refractivity contribution in [3.8, 4) is 0 Å². The lowest BCUT2D eigenvalue weighted by molar-refractivity contribution is 0.0717. The molecule has 1 amide bonds. The first kappa shape index (κ1) is 17.6. The maximum atomic E-state index is 12.8. The molecule has 0 radical (unpaired) electrons. The van der Waals surface area contributed by atoms with Crippen molar-refractivity contribution in [3.63, 3.8) is 0 Å². The highest BCUT2D eigenvalue weighted by atomic mass is 32.1. The van der Waals surface area contributed by atoms with E-state index in [4.69, 9.17) is 4.98 Å². The molecule has 26 heavy (non-hydrogen) atoms. The van der Waals surface area contributed by atoms with Crippen molar-refractivity contribution in [3.05, 3.63) is 45.4 Å². The van der Waals surface area contributed by atoms with Crippen LogP contribution in [0.3, 0.4) is 0 Å². The van der Waals surface area contributed by atoms with Gasteiger partial charge in [0.25, 0.3) is 5.91 Å². The van der Waals surface area contributed by atoms with Gasteiger partial charge in [-0.2, -0.15) is 0 Å². The Hall–Kier alpha value is -1.79. The number of likely N-dealkylation sites (tertiary alicyclic amines) is 1. The van der Waals surface area contributed by atoms with Gasteiger partial charge in [0.15, 0.2) is 0 Å². The van der Waals surface area contributed by atoms with Crippen molar-refractivity contribution >= 4 is 38.8 Å². The van der Waals surface area contributed by atoms with Crippen LogP contribution in [0.5, 0.6) is 0 Å². The molecule has 0 N–H and O–H groups in total. The third-order valence-corrected chi connectivity index (χ3v) is 7.41. The minimum atomic E-state index is -0.0109. The molecule has 0 saturated carbocycles. The number of piperidine rings is 1. The van der Waals surface area contributed by atoms with E-state index in [-0.39, 0.29) is 11.3 Å². The molecular weight excluding hydrogens is 362 g/mol. The molecule has 1 saturated heterocycles. The highest BCUT2D eigenvalue weighted by molar-refractivity contribution is 7.18. The Morgan fingerprint density at radius 1 is 1.15 bits per heavy atom. The summed E-state index contributed by atoms with van der Waals surface area (Å²) in [7, 11) is 0. The number of rotatable bonds is 2. The fraction of sp³-hybridized carbons (Fsp3) is 0.450. The van der Waals surface area contributed by atoms with Gasteiger partial charge in [0.05, 0.1) is 26.4 Å². The molecule has 1 fully saturated rings. The third-order valence-electron chi connectivity index (χ3n) is 4.80. The second-order valence-electron chi connectivity index (χ2n) is 7.87. The zero-order valence-corrected chi connectivity index (χ0v) is 17.0. The Bertz CT molecular complexity index is 897. The van der Waals surface area contributed by atoms with E-state index in [1.807, 2.05) is 11.0 Å². The van der Waals surface area contributed by atoms with Crippen LogP contribution in [-0.2, 0) is 5.41 Å². The Balaban J connectivity index is 1.43. The monoisotopic (exact) mass is 385 g/mol. The summed E-state index contributed by atoms with van der Waals surface area (Å²) in [6, 6.07) is 8.30. The summed E-state index contributed by atoms with van der Waals surface area (Å²) in [4.78, 5) is 24.8. The first-order valence-corrected chi connectivity index (χ1v) is 10.7. The Morgan fingerprint density at radius 2 is 1.88 bits per heavy atom. The standard InChI is InChI=1S/C20H23N3OS2/c1-20(2,3)19-21-12-16(26-19)18(24)23-10-8-13(9-11-23)17-22-14-6-4-5-7-15(14)25-17/h4-7,12-13H,8-11H2,1-3H3. The summed E-state index contributed by atoms with van der Waals surface area (Å²) in [5.41, 5.74) is 1.08. The lowest BCUT2D eigenvalue weighted by Gasteiger charge is -2.30. The highest BCUT2D eigenvalue weighted by Crippen LogP contribution is 2.34. The van der Waals surface area contributed by atoms with Crippen LogP contribution in [0.25, 0.3) is 10.2 Å². The Kier molecular flexibility index (Phi) is 4.57. The second kappa shape index (κ2) is 6.74. The summed E-state index contributed by atoms with van der Waals surface area (Å²) in [5.74, 6) is 0.587. The van der Waals surface area contributed by atoms with Gasteiger partial charge < -0.3 is 4.90 Å². The number of para-hydroxylation sites is 1. The SMILES string of the molecule is CC(C)(C)c1ncc(C(=O)N2CCC(c3nc4ccccc4s3)CC2)s1. The number of benzene rings is 1. The van der Waals surface area contributed by atoms with Gasteiger partial charge in [-0.25, -0.2) is 9.97 Å². The van der Waals surface area contributed by atoms with Gasteiger partial charge in [0, 0.05) is 24.4 Å². The summed E-state index contributed by atoms with van der Waals surface area (Å²) in [5, 5.41) is 2.23. The van der Waals surface area contributed by atoms with Gasteiger partial charge in [0.2, 0.25) is 0 Å². The molecule has 1 aliphatic rings. The second-order valence-corrected chi connectivity index (χ2v) is 9.96. The van der Waals surface area contributed by atoms with Crippen LogP contribution in [-0.4, -0.2) is 33.9 Å². The highest BCUT2D eigenvalue weighted by Gasteiger charge is 2.28. The molecule has 0 aliphatic carbocycles. The van der Waals surface area contributed by atoms with Gasteiger partial charge >= 0.3 is 0 Å². The minimum Gasteiger partial charge on any atom is -0.338 e. The predicted octanol–water partition coefficient (Wildman–Crippen LogP) is 5.07. The number of nitrogens with zero attached hydrogens (tertiary/aromatic N) is 3. The molecule has 1 aromatic carbocycles. The minimum absolute atomic E-state index is 0.0109. The van der Waals surface area contributed by atoms with Gasteiger partial charge in [-0.15, -0.1) is 22.7 Å². The molecule has 6 heteroatoms. The van der Waals surface area contributed by atoms with Gasteiger partial charge in [0.1, 0.15) is 4.88 Å². The number of fused-ring (bicyclic) bond motifs is 1. The van der Waals surface area contributed by atoms with Crippen molar-refractivity contribution < 1.29 is 4.79 Å². The van der Waals surface area contributed by atoms with Crippen LogP contribution in [0.15, 0.2) is 30.5 Å². The normalized spacial score (nSPS) is 16.3. The number of carbonyl (C=O) groups is 1. The number of hydrogen-bond acceptors (Lipinski definition) is 5. The first-order chi connectivity index (χ1) is 12.4. The third kappa shape index (κ3) is 3.40. The molecule has 3 aromatic rings. The van der Waals surface area contributed by atoms with E-state index in [1.165, 1.54) is 21.0 Å². The van der Waals surface area contributed by atoms with Gasteiger partial charge in [-0.05, 0) is 25.0 Å². The van der Waals surface area contributed by atoms with Crippen LogP contribution in [0.4, 0.5) is 0 Å². The molecular formula is C20H23N3OS2. The van der Waals surface area contributed by atoms with E-state index in [0.29, 0.717) is 5.92 Å². The fourth-order valence-electron chi connectivity index (χ4n) is 3.27.